The lowest BCUT2D eigenvalue weighted by Crippen LogP contribution is -2.34. The second-order valence-corrected chi connectivity index (χ2v) is 29.0. The highest BCUT2D eigenvalue weighted by Crippen LogP contribution is 2.66. The first-order valence-electron chi connectivity index (χ1n) is 30.2. The first-order chi connectivity index (χ1) is 46.5. The van der Waals surface area contributed by atoms with E-state index < -0.39 is 90.6 Å². The molecule has 2 aromatic carbocycles. The van der Waals surface area contributed by atoms with Crippen LogP contribution < -0.4 is 37.9 Å². The minimum atomic E-state index is -5.85. The normalized spacial score (nSPS) is 16.1. The Labute approximate surface area is 568 Å². The van der Waals surface area contributed by atoms with Gasteiger partial charge in [0.1, 0.15) is 41.9 Å². The number of aryl methyl sites for hydroxylation is 2. The maximum absolute atomic E-state index is 13.5. The number of hydrogen-bond acceptors (Lipinski definition) is 25. The summed E-state index contributed by atoms with van der Waals surface area (Å²) in [5.74, 6) is 4.38. The summed E-state index contributed by atoms with van der Waals surface area (Å²) in [6.45, 7) is 13.1. The summed E-state index contributed by atoms with van der Waals surface area (Å²) in [5.41, 5.74) is 11.7. The van der Waals surface area contributed by atoms with Gasteiger partial charge in [-0.15, -0.1) is 0 Å². The van der Waals surface area contributed by atoms with Crippen LogP contribution in [0.3, 0.4) is 0 Å². The van der Waals surface area contributed by atoms with Crippen LogP contribution in [0.2, 0.25) is 0 Å². The van der Waals surface area contributed by atoms with Gasteiger partial charge in [0.2, 0.25) is 0 Å². The van der Waals surface area contributed by atoms with Crippen molar-refractivity contribution in [3.8, 4) is 34.3 Å². The summed E-state index contributed by atoms with van der Waals surface area (Å²) in [7, 11) is -14.1. The van der Waals surface area contributed by atoms with E-state index in [9.17, 15) is 57.4 Å². The first kappa shape index (κ1) is 79.9. The molecule has 10 N–H and O–H groups in total. The smallest absolute Gasteiger partial charge is 0.478 e. The number of amides is 3. The van der Waals surface area contributed by atoms with Crippen LogP contribution in [-0.2, 0) is 60.0 Å². The van der Waals surface area contributed by atoms with Crippen molar-refractivity contribution in [3.63, 3.8) is 0 Å². The number of nitrogens with one attached hydrogen (secondary N) is 5. The highest BCUT2D eigenvalue weighted by Gasteiger charge is 2.44. The van der Waals surface area contributed by atoms with E-state index in [-0.39, 0.29) is 87.1 Å². The number of benzene rings is 3. The van der Waals surface area contributed by atoms with Gasteiger partial charge in [-0.1, -0.05) is 38.5 Å². The molecular formula is C58H77N10O25P3S2. The largest absolute Gasteiger partial charge is 0.490 e. The maximum atomic E-state index is 13.5. The molecule has 35 nitrogen and oxygen atoms in total. The van der Waals surface area contributed by atoms with Gasteiger partial charge in [0.25, 0.3) is 11.5 Å². The molecule has 6 rings (SSSR count). The molecule has 3 aliphatic rings. The monoisotopic (exact) mass is 1470 g/mol. The summed E-state index contributed by atoms with van der Waals surface area (Å²) >= 11 is 0. The van der Waals surface area contributed by atoms with Crippen molar-refractivity contribution in [1.82, 2.24) is 25.5 Å². The Morgan fingerprint density at radius 1 is 0.857 bits per heavy atom. The predicted octanol–water partition coefficient (Wildman–Crippen LogP) is 7.58. The average molecular weight is 1470 g/mol. The number of anilines is 1. The van der Waals surface area contributed by atoms with E-state index in [0.717, 1.165) is 32.9 Å². The van der Waals surface area contributed by atoms with E-state index in [1.807, 2.05) is 70.8 Å². The van der Waals surface area contributed by atoms with Gasteiger partial charge in [-0.2, -0.15) is 8.62 Å². The summed E-state index contributed by atoms with van der Waals surface area (Å²) in [5, 5.41) is 26.3. The number of aromatic nitrogens is 2. The second-order valence-electron chi connectivity index (χ2n) is 21.7. The number of carbonyl (C=O) groups is 4. The number of carboxylic acids is 1. The number of ether oxygens (including phenoxy) is 7. The third kappa shape index (κ3) is 25.9. The number of unbranched alkanes of at least 4 members (excludes halogenated alkanes) is 1. The van der Waals surface area contributed by atoms with Crippen LogP contribution in [0.25, 0.3) is 43.9 Å². The molecule has 40 heteroatoms. The lowest BCUT2D eigenvalue weighted by atomic mass is 9.88. The van der Waals surface area contributed by atoms with Crippen LogP contribution in [0, 0.1) is 25.7 Å². The molecule has 0 radical (unpaired) electrons. The van der Waals surface area contributed by atoms with E-state index in [1.54, 1.807) is 16.9 Å². The van der Waals surface area contributed by atoms with Crippen molar-refractivity contribution in [2.45, 2.75) is 90.4 Å². The number of phosphoric ester groups is 1. The van der Waals surface area contributed by atoms with Crippen molar-refractivity contribution in [2.75, 3.05) is 104 Å². The Hall–Kier alpha value is -7.13. The molecule has 0 saturated carbocycles. The van der Waals surface area contributed by atoms with Crippen molar-refractivity contribution in [2.24, 2.45) is 10.1 Å². The molecule has 536 valence electrons. The lowest BCUT2D eigenvalue weighted by molar-refractivity contribution is -0.0601. The molecule has 1 aromatic heterocycles. The number of azide groups is 1. The quantitative estimate of drug-likeness (QED) is 0.00208. The minimum absolute atomic E-state index is 0.0221. The van der Waals surface area contributed by atoms with Gasteiger partial charge >= 0.3 is 47.3 Å². The number of hydrogen-bond donors (Lipinski definition) is 10. The molecule has 1 fully saturated rings. The summed E-state index contributed by atoms with van der Waals surface area (Å²) in [4.78, 5) is 122. The van der Waals surface area contributed by atoms with E-state index in [4.69, 9.17) is 52.9 Å². The number of rotatable bonds is 39. The zero-order chi connectivity index (χ0) is 71.6. The van der Waals surface area contributed by atoms with Crippen molar-refractivity contribution < 1.29 is 108 Å². The van der Waals surface area contributed by atoms with E-state index >= 15 is 0 Å². The highest BCUT2D eigenvalue weighted by molar-refractivity contribution is 8.77. The lowest BCUT2D eigenvalue weighted by Gasteiger charge is -2.22. The zero-order valence-electron chi connectivity index (χ0n) is 54.1. The van der Waals surface area contributed by atoms with Crippen LogP contribution in [0.4, 0.5) is 15.3 Å². The van der Waals surface area contributed by atoms with Gasteiger partial charge < -0.3 is 83.5 Å². The van der Waals surface area contributed by atoms with Gasteiger partial charge in [-0.25, -0.2) is 32.9 Å². The van der Waals surface area contributed by atoms with Gasteiger partial charge in [0, 0.05) is 95.0 Å². The Kier molecular flexibility index (Phi) is 31.3. The van der Waals surface area contributed by atoms with Crippen LogP contribution in [0.1, 0.15) is 97.0 Å². The first-order valence-corrected chi connectivity index (χ1v) is 37.0. The zero-order valence-corrected chi connectivity index (χ0v) is 58.4. The molecule has 1 aliphatic carbocycles. The van der Waals surface area contributed by atoms with E-state index in [1.165, 1.54) is 22.9 Å². The third-order valence-corrected chi connectivity index (χ3v) is 20.6. The number of fused-ring (bicyclic) bond motifs is 2. The van der Waals surface area contributed by atoms with Crippen molar-refractivity contribution >= 4 is 85.8 Å². The predicted molar refractivity (Wildman–Crippen MR) is 357 cm³/mol. The minimum Gasteiger partial charge on any atom is -0.478 e. The molecule has 5 atom stereocenters. The number of aromatic amines is 1. The molecule has 98 heavy (non-hydrogen) atoms. The molecule has 3 amide bonds. The molecule has 3 aromatic rings. The molecule has 0 spiro atoms. The molecule has 1 saturated heterocycles. The average Bonchev–Trinajstić information content (AvgIpc) is 0.924. The number of carboxylic acid groups (broad SMARTS) is 1. The number of carbonyl (C=O) groups excluding carboxylic acids is 3. The van der Waals surface area contributed by atoms with Crippen molar-refractivity contribution in [3.05, 3.63) is 113 Å². The number of alkyl carbamates (subject to hydrolysis) is 2. The van der Waals surface area contributed by atoms with Gasteiger partial charge in [-0.05, 0) is 113 Å². The fourth-order valence-corrected chi connectivity index (χ4v) is 14.6. The van der Waals surface area contributed by atoms with Crippen LogP contribution >= 0.6 is 45.1 Å². The summed E-state index contributed by atoms with van der Waals surface area (Å²) in [6.07, 6.45) is -2.88. The number of nitrogens with zero attached hydrogens (tertiary/aromatic N) is 5. The summed E-state index contributed by atoms with van der Waals surface area (Å²) in [6, 6.07) is 12.2. The highest BCUT2D eigenvalue weighted by atomic mass is 33.1. The Bertz CT molecular complexity index is 4040. The fraction of sp³-hybridized carbons (Fsp3) is 0.500. The van der Waals surface area contributed by atoms with Crippen LogP contribution in [0.15, 0.2) is 72.8 Å². The van der Waals surface area contributed by atoms with E-state index in [2.05, 4.69) is 61.3 Å². The molecule has 3 heterocycles. The Morgan fingerprint density at radius 2 is 1.57 bits per heavy atom. The topological polar surface area (TPSA) is 490 Å². The van der Waals surface area contributed by atoms with Crippen LogP contribution in [0.5, 0.6) is 0 Å². The number of aromatic carboxylic acids is 1. The van der Waals surface area contributed by atoms with Gasteiger partial charge in [0.15, 0.2) is 0 Å². The number of H-pyrrole nitrogens is 1. The molecular weight excluding hydrogens is 1390 g/mol. The number of phosphoric acid groups is 3. The van der Waals surface area contributed by atoms with Crippen LogP contribution in [-0.4, -0.2) is 173 Å². The Balaban J connectivity index is 0.799. The van der Waals surface area contributed by atoms with Crippen molar-refractivity contribution in [1.29, 1.82) is 0 Å². The summed E-state index contributed by atoms with van der Waals surface area (Å²) < 4.78 is 92.6. The molecule has 3 unspecified atom stereocenters. The maximum Gasteiger partial charge on any atom is 0.490 e. The SMILES string of the molecule is CCN=c1cc2oc3cc(NCC)c(C)cc3c(-c3cc(C(=O)NCCOCCOCCNC(=O)OCCC(C)(C)SSCOCCCCOC(=O)NCC#Cc4cn([C@H]5CC(OCN=[N+]=[N-])[C@@H](COP(=O)(O)OP(=O)(O)OP(=O)(O)O)O5)c(=O)[nH]c4=O)ccc3C(=O)O)c-2cc1C. The second kappa shape index (κ2) is 38.4. The molecule has 2 aliphatic heterocycles. The molecule has 0 bridgehead atoms. The van der Waals surface area contributed by atoms with Gasteiger partial charge in [-0.3, -0.25) is 28.7 Å². The third-order valence-electron chi connectivity index (χ3n) is 13.8. The Morgan fingerprint density at radius 3 is 2.28 bits per heavy atom. The van der Waals surface area contributed by atoms with Gasteiger partial charge in [0.05, 0.1) is 69.8 Å². The standard InChI is InChI=1S/C58H77N10O25P3S2/c1-7-60-44-29-46-42(26-36(44)3)51(43-27-37(4)45(61-8-2)30-47(43)90-46)41-28-38(13-14-40(41)54(71)72)52(69)62-17-22-83-24-25-84-23-18-64-57(75)87-21-15-58(5,6)98-97-35-85-19-9-10-20-86-56(74)63-16-11-12-39-32-68(55(73)66-53(39)70)50-31-48(88-34-65-67-59)49(91-50)33-89-95(79,80)93-96(81,82)92-94(76,77)78/h13-14,26-30,32,48-50,60H,7-10,15-25,31,33-35H2,1-6H3,(H,62,69)(H,63,74)(H,64,75)(H,71,72)(H,79,80)(H,81,82)(H,66,70,73)(H2,76,77,78)/t48?,49-,50-/m1/s1. The van der Waals surface area contributed by atoms with E-state index in [0.29, 0.717) is 78.3 Å². The fourth-order valence-electron chi connectivity index (χ4n) is 9.31.